The zero-order chi connectivity index (χ0) is 27.7. The summed E-state index contributed by atoms with van der Waals surface area (Å²) in [7, 11) is 0. The summed E-state index contributed by atoms with van der Waals surface area (Å²) < 4.78 is 46.3. The summed E-state index contributed by atoms with van der Waals surface area (Å²) >= 11 is 6.23. The highest BCUT2D eigenvalue weighted by molar-refractivity contribution is 6.32. The summed E-state index contributed by atoms with van der Waals surface area (Å²) in [6, 6.07) is 14.1. The van der Waals surface area contributed by atoms with Crippen molar-refractivity contribution >= 4 is 17.6 Å². The van der Waals surface area contributed by atoms with E-state index in [9.17, 15) is 18.0 Å². The van der Waals surface area contributed by atoms with Crippen LogP contribution in [0.15, 0.2) is 84.2 Å². The molecule has 0 aromatic heterocycles. The van der Waals surface area contributed by atoms with Crippen LogP contribution in [-0.4, -0.2) is 35.7 Å². The first-order chi connectivity index (χ1) is 18.0. The molecule has 0 radical (unpaired) electrons. The van der Waals surface area contributed by atoms with Crippen LogP contribution >= 0.6 is 11.6 Å². The van der Waals surface area contributed by atoms with Gasteiger partial charge in [-0.2, -0.15) is 13.2 Å². The molecular weight excluding hydrogens is 515 g/mol. The van der Waals surface area contributed by atoms with E-state index < -0.39 is 17.7 Å². The lowest BCUT2D eigenvalue weighted by atomic mass is 9.88. The Morgan fingerprint density at radius 2 is 1.89 bits per heavy atom. The number of carboxylic acid groups (broad SMARTS) is 1. The molecule has 0 saturated carbocycles. The minimum atomic E-state index is -4.52. The molecule has 0 bridgehead atoms. The van der Waals surface area contributed by atoms with Gasteiger partial charge in [0.25, 0.3) is 0 Å². The number of nitrogens with zero attached hydrogens (tertiary/aromatic N) is 1. The number of carbonyl (C=O) groups is 1. The maximum absolute atomic E-state index is 13.5. The van der Waals surface area contributed by atoms with Crippen LogP contribution in [0.25, 0.3) is 0 Å². The van der Waals surface area contributed by atoms with Crippen LogP contribution in [-0.2, 0) is 22.3 Å². The molecule has 3 rings (SSSR count). The first-order valence-electron chi connectivity index (χ1n) is 12.6. The molecule has 1 aliphatic carbocycles. The second-order valence-electron chi connectivity index (χ2n) is 9.70. The van der Waals surface area contributed by atoms with Crippen LogP contribution < -0.4 is 0 Å². The average molecular weight is 548 g/mol. The Labute approximate surface area is 227 Å². The standard InChI is InChI=1S/C30H33ClF3NO3/c1-21(2)26(23-10-4-3-5-11-23)20-35(19-24-12-7-14-27(29(24)31)30(32,33)34)15-8-16-38-25-13-6-9-22(17-25)18-28(36)37/h3-7,9-14,18,21,26H,8,15-17,19-20H2,1-2H3,(H,36,37). The number of hydrogen-bond acceptors (Lipinski definition) is 3. The van der Waals surface area contributed by atoms with Crippen LogP contribution in [0.3, 0.4) is 0 Å². The van der Waals surface area contributed by atoms with Gasteiger partial charge in [0.1, 0.15) is 5.76 Å². The van der Waals surface area contributed by atoms with Crippen molar-refractivity contribution in [2.45, 2.75) is 45.3 Å². The van der Waals surface area contributed by atoms with Crippen molar-refractivity contribution < 1.29 is 27.8 Å². The third kappa shape index (κ3) is 8.77. The largest absolute Gasteiger partial charge is 0.498 e. The van der Waals surface area contributed by atoms with E-state index in [4.69, 9.17) is 21.4 Å². The van der Waals surface area contributed by atoms with Gasteiger partial charge < -0.3 is 9.84 Å². The monoisotopic (exact) mass is 547 g/mol. The molecule has 0 fully saturated rings. The third-order valence-corrected chi connectivity index (χ3v) is 6.90. The van der Waals surface area contributed by atoms with Gasteiger partial charge in [0.2, 0.25) is 0 Å². The lowest BCUT2D eigenvalue weighted by Crippen LogP contribution is -2.32. The highest BCUT2D eigenvalue weighted by atomic mass is 35.5. The number of rotatable bonds is 12. The van der Waals surface area contributed by atoms with Gasteiger partial charge in [0.15, 0.2) is 0 Å². The summed E-state index contributed by atoms with van der Waals surface area (Å²) in [6.07, 6.45) is 2.96. The van der Waals surface area contributed by atoms with Crippen molar-refractivity contribution in [1.29, 1.82) is 0 Å². The van der Waals surface area contributed by atoms with Crippen LogP contribution in [0, 0.1) is 5.92 Å². The first kappa shape index (κ1) is 29.5. The van der Waals surface area contributed by atoms with Crippen LogP contribution in [0.5, 0.6) is 0 Å². The third-order valence-electron chi connectivity index (χ3n) is 6.45. The fourth-order valence-electron chi connectivity index (χ4n) is 4.52. The summed E-state index contributed by atoms with van der Waals surface area (Å²) in [5, 5.41) is 8.71. The quantitative estimate of drug-likeness (QED) is 0.217. The second-order valence-corrected chi connectivity index (χ2v) is 10.1. The van der Waals surface area contributed by atoms with E-state index in [2.05, 4.69) is 30.9 Å². The van der Waals surface area contributed by atoms with Crippen molar-refractivity contribution in [3.63, 3.8) is 0 Å². The molecule has 204 valence electrons. The number of aliphatic carboxylic acids is 1. The first-order valence-corrected chi connectivity index (χ1v) is 13.0. The van der Waals surface area contributed by atoms with Crippen molar-refractivity contribution in [2.75, 3.05) is 19.7 Å². The van der Waals surface area contributed by atoms with E-state index in [1.165, 1.54) is 11.6 Å². The van der Waals surface area contributed by atoms with Gasteiger partial charge in [-0.25, -0.2) is 4.79 Å². The van der Waals surface area contributed by atoms with Crippen molar-refractivity contribution in [2.24, 2.45) is 5.92 Å². The highest BCUT2D eigenvalue weighted by Crippen LogP contribution is 2.37. The van der Waals surface area contributed by atoms with Crippen molar-refractivity contribution in [1.82, 2.24) is 4.90 Å². The van der Waals surface area contributed by atoms with Gasteiger partial charge in [-0.3, -0.25) is 4.90 Å². The maximum Gasteiger partial charge on any atom is 0.417 e. The number of carboxylic acids is 1. The average Bonchev–Trinajstić information content (AvgIpc) is 2.85. The summed E-state index contributed by atoms with van der Waals surface area (Å²) in [5.74, 6) is 0.160. The molecule has 0 aliphatic heterocycles. The van der Waals surface area contributed by atoms with E-state index in [0.717, 1.165) is 12.1 Å². The predicted octanol–water partition coefficient (Wildman–Crippen LogP) is 7.86. The predicted molar refractivity (Wildman–Crippen MR) is 144 cm³/mol. The molecule has 0 amide bonds. The summed E-state index contributed by atoms with van der Waals surface area (Å²) in [6.45, 7) is 6.18. The molecule has 1 atom stereocenters. The number of allylic oxidation sites excluding steroid dienone is 4. The second kappa shape index (κ2) is 13.7. The zero-order valence-electron chi connectivity index (χ0n) is 21.5. The molecule has 1 aliphatic rings. The lowest BCUT2D eigenvalue weighted by Gasteiger charge is -2.31. The Balaban J connectivity index is 1.73. The topological polar surface area (TPSA) is 49.8 Å². The van der Waals surface area contributed by atoms with E-state index in [1.807, 2.05) is 24.3 Å². The molecule has 1 N–H and O–H groups in total. The molecule has 8 heteroatoms. The van der Waals surface area contributed by atoms with E-state index >= 15 is 0 Å². The minimum absolute atomic E-state index is 0.177. The fraction of sp³-hybridized carbons (Fsp3) is 0.367. The Morgan fingerprint density at radius 1 is 1.16 bits per heavy atom. The molecule has 0 heterocycles. The Morgan fingerprint density at radius 3 is 2.55 bits per heavy atom. The Kier molecular flexibility index (Phi) is 10.6. The number of ether oxygens (including phenoxy) is 1. The van der Waals surface area contributed by atoms with Crippen molar-refractivity contribution in [3.8, 4) is 0 Å². The van der Waals surface area contributed by atoms with Gasteiger partial charge in [0.05, 0.1) is 17.2 Å². The van der Waals surface area contributed by atoms with Gasteiger partial charge in [-0.1, -0.05) is 80.1 Å². The molecule has 1 unspecified atom stereocenters. The van der Waals surface area contributed by atoms with Crippen LogP contribution in [0.2, 0.25) is 5.02 Å². The minimum Gasteiger partial charge on any atom is -0.498 e. The van der Waals surface area contributed by atoms with Gasteiger partial charge in [-0.15, -0.1) is 0 Å². The number of halogens is 4. The molecule has 2 aromatic rings. The summed E-state index contributed by atoms with van der Waals surface area (Å²) in [4.78, 5) is 13.1. The van der Waals surface area contributed by atoms with Crippen molar-refractivity contribution in [3.05, 3.63) is 106 Å². The SMILES string of the molecule is CC(C)C(CN(CCCOC1=CC=CC(=CC(=O)O)C1)Cc1cccc(C(F)(F)F)c1Cl)c1ccccc1. The molecule has 0 saturated heterocycles. The molecule has 38 heavy (non-hydrogen) atoms. The number of benzene rings is 2. The fourth-order valence-corrected chi connectivity index (χ4v) is 4.82. The van der Waals surface area contributed by atoms with Gasteiger partial charge in [-0.05, 0) is 47.1 Å². The molecule has 0 spiro atoms. The zero-order valence-corrected chi connectivity index (χ0v) is 22.3. The van der Waals surface area contributed by atoms with E-state index in [-0.39, 0.29) is 17.5 Å². The molecule has 2 aromatic carbocycles. The van der Waals surface area contributed by atoms with E-state index in [1.54, 1.807) is 18.2 Å². The van der Waals surface area contributed by atoms with Crippen LogP contribution in [0.1, 0.15) is 49.3 Å². The highest BCUT2D eigenvalue weighted by Gasteiger charge is 2.34. The lowest BCUT2D eigenvalue weighted by molar-refractivity contribution is -0.137. The maximum atomic E-state index is 13.5. The number of alkyl halides is 3. The molecular formula is C30H33ClF3NO3. The Bertz CT molecular complexity index is 1170. The molecule has 4 nitrogen and oxygen atoms in total. The van der Waals surface area contributed by atoms with Crippen LogP contribution in [0.4, 0.5) is 13.2 Å². The van der Waals surface area contributed by atoms with Gasteiger partial charge >= 0.3 is 12.1 Å². The smallest absolute Gasteiger partial charge is 0.417 e. The van der Waals surface area contributed by atoms with E-state index in [0.29, 0.717) is 55.4 Å². The number of hydrogen-bond donors (Lipinski definition) is 1. The Hall–Kier alpha value is -3.03. The summed E-state index contributed by atoms with van der Waals surface area (Å²) in [5.41, 5.74) is 1.43. The van der Waals surface area contributed by atoms with Gasteiger partial charge in [0, 0.05) is 32.1 Å². The normalized spacial score (nSPS) is 15.7.